The molecule has 1 atom stereocenters. The fourth-order valence-corrected chi connectivity index (χ4v) is 3.95. The summed E-state index contributed by atoms with van der Waals surface area (Å²) in [6, 6.07) is 4.09. The summed E-state index contributed by atoms with van der Waals surface area (Å²) >= 11 is 1.40. The van der Waals surface area contributed by atoms with Gasteiger partial charge in [0.2, 0.25) is 5.91 Å². The van der Waals surface area contributed by atoms with Gasteiger partial charge < -0.3 is 20.2 Å². The third-order valence-corrected chi connectivity index (χ3v) is 5.46. The van der Waals surface area contributed by atoms with Crippen LogP contribution in [0.2, 0.25) is 0 Å². The monoisotopic (exact) mass is 378 g/mol. The molecule has 1 saturated heterocycles. The largest absolute Gasteiger partial charge is 0.465 e. The Kier molecular flexibility index (Phi) is 6.29. The number of rotatable bonds is 7. The molecule has 0 spiro atoms. The summed E-state index contributed by atoms with van der Waals surface area (Å²) in [6.07, 6.45) is 1.70. The standard InChI is InChI=1S/C18H26N4O3S/c1-13-2-4-16(25-13)11-21-7-8-22(10-15(21)6-9-23)17(24)5-3-14-12-26-18(19)20-14/h2,4,12,15,23H,3,5-11H2,1H3,(H2,19,20)/t15-/m0/s1. The van der Waals surface area contributed by atoms with Gasteiger partial charge in [-0.05, 0) is 31.9 Å². The number of carbonyl (C=O) groups excluding carboxylic acids is 1. The Hall–Kier alpha value is -1.90. The third-order valence-electron chi connectivity index (χ3n) is 4.74. The minimum absolute atomic E-state index is 0.110. The smallest absolute Gasteiger partial charge is 0.223 e. The minimum Gasteiger partial charge on any atom is -0.465 e. The van der Waals surface area contributed by atoms with Crippen LogP contribution in [0, 0.1) is 6.92 Å². The molecule has 2 aromatic heterocycles. The van der Waals surface area contributed by atoms with Gasteiger partial charge >= 0.3 is 0 Å². The summed E-state index contributed by atoms with van der Waals surface area (Å²) in [5.41, 5.74) is 6.51. The maximum Gasteiger partial charge on any atom is 0.223 e. The molecule has 8 heteroatoms. The van der Waals surface area contributed by atoms with E-state index in [1.165, 1.54) is 11.3 Å². The molecular formula is C18H26N4O3S. The van der Waals surface area contributed by atoms with E-state index < -0.39 is 0 Å². The van der Waals surface area contributed by atoms with Crippen molar-refractivity contribution in [3.05, 3.63) is 34.7 Å². The lowest BCUT2D eigenvalue weighted by atomic mass is 10.1. The van der Waals surface area contributed by atoms with Gasteiger partial charge in [-0.15, -0.1) is 11.3 Å². The molecule has 0 unspecified atom stereocenters. The molecule has 3 N–H and O–H groups in total. The molecule has 1 fully saturated rings. The fraction of sp³-hybridized carbons (Fsp3) is 0.556. The van der Waals surface area contributed by atoms with E-state index >= 15 is 0 Å². The Labute approximate surface area is 157 Å². The van der Waals surface area contributed by atoms with Crippen molar-refractivity contribution in [2.45, 2.75) is 38.8 Å². The van der Waals surface area contributed by atoms with E-state index in [9.17, 15) is 9.90 Å². The molecule has 2 aromatic rings. The number of aromatic nitrogens is 1. The second-order valence-electron chi connectivity index (χ2n) is 6.67. The van der Waals surface area contributed by atoms with Gasteiger partial charge in [0.15, 0.2) is 5.13 Å². The van der Waals surface area contributed by atoms with E-state index in [0.717, 1.165) is 23.8 Å². The number of nitrogens with zero attached hydrogens (tertiary/aromatic N) is 3. The Morgan fingerprint density at radius 1 is 1.46 bits per heavy atom. The topological polar surface area (TPSA) is 95.8 Å². The van der Waals surface area contributed by atoms with Gasteiger partial charge in [-0.1, -0.05) is 0 Å². The van der Waals surface area contributed by atoms with Crippen LogP contribution in [-0.4, -0.2) is 58.1 Å². The van der Waals surface area contributed by atoms with E-state index in [0.29, 0.717) is 44.0 Å². The highest BCUT2D eigenvalue weighted by Gasteiger charge is 2.29. The van der Waals surface area contributed by atoms with Gasteiger partial charge in [-0.25, -0.2) is 4.98 Å². The second kappa shape index (κ2) is 8.66. The van der Waals surface area contributed by atoms with Crippen LogP contribution in [0.15, 0.2) is 21.9 Å². The zero-order valence-corrected chi connectivity index (χ0v) is 15.9. The average Bonchev–Trinajstić information content (AvgIpc) is 3.22. The maximum atomic E-state index is 12.6. The van der Waals surface area contributed by atoms with Crippen LogP contribution in [0.4, 0.5) is 5.13 Å². The Morgan fingerprint density at radius 2 is 2.31 bits per heavy atom. The fourth-order valence-electron chi connectivity index (χ4n) is 3.35. The molecule has 0 radical (unpaired) electrons. The molecule has 0 aliphatic carbocycles. The predicted molar refractivity (Wildman–Crippen MR) is 101 cm³/mol. The molecular weight excluding hydrogens is 352 g/mol. The molecule has 142 valence electrons. The lowest BCUT2D eigenvalue weighted by Gasteiger charge is -2.41. The van der Waals surface area contributed by atoms with Crippen molar-refractivity contribution in [3.8, 4) is 0 Å². The number of nitrogen functional groups attached to an aromatic ring is 1. The quantitative estimate of drug-likeness (QED) is 0.761. The van der Waals surface area contributed by atoms with E-state index in [4.69, 9.17) is 10.2 Å². The first kappa shape index (κ1) is 18.9. The molecule has 0 aromatic carbocycles. The normalized spacial score (nSPS) is 18.4. The second-order valence-corrected chi connectivity index (χ2v) is 7.56. The van der Waals surface area contributed by atoms with Crippen molar-refractivity contribution in [2.75, 3.05) is 32.0 Å². The van der Waals surface area contributed by atoms with Crippen LogP contribution >= 0.6 is 11.3 Å². The number of piperazine rings is 1. The number of furan rings is 1. The van der Waals surface area contributed by atoms with E-state index in [1.807, 2.05) is 29.3 Å². The van der Waals surface area contributed by atoms with E-state index in [2.05, 4.69) is 9.88 Å². The summed E-state index contributed by atoms with van der Waals surface area (Å²) in [6.45, 7) is 4.86. The number of hydrogen-bond acceptors (Lipinski definition) is 7. The van der Waals surface area contributed by atoms with Crippen molar-refractivity contribution in [1.29, 1.82) is 0 Å². The Balaban J connectivity index is 1.55. The molecule has 3 heterocycles. The number of carbonyl (C=O) groups is 1. The van der Waals surface area contributed by atoms with Crippen molar-refractivity contribution >= 4 is 22.4 Å². The molecule has 3 rings (SSSR count). The summed E-state index contributed by atoms with van der Waals surface area (Å²) in [7, 11) is 0. The molecule has 0 saturated carbocycles. The number of thiazole rings is 1. The lowest BCUT2D eigenvalue weighted by molar-refractivity contribution is -0.134. The van der Waals surface area contributed by atoms with Gasteiger partial charge in [0.1, 0.15) is 11.5 Å². The molecule has 1 aliphatic heterocycles. The van der Waals surface area contributed by atoms with Gasteiger partial charge in [-0.2, -0.15) is 0 Å². The highest BCUT2D eigenvalue weighted by Crippen LogP contribution is 2.19. The number of nitrogens with two attached hydrogens (primary N) is 1. The number of amides is 1. The number of hydrogen-bond donors (Lipinski definition) is 2. The van der Waals surface area contributed by atoms with Crippen molar-refractivity contribution in [1.82, 2.24) is 14.8 Å². The van der Waals surface area contributed by atoms with Crippen LogP contribution in [0.5, 0.6) is 0 Å². The first-order valence-electron chi connectivity index (χ1n) is 8.93. The number of aryl methyl sites for hydroxylation is 2. The van der Waals surface area contributed by atoms with Crippen LogP contribution in [0.3, 0.4) is 0 Å². The van der Waals surface area contributed by atoms with Crippen LogP contribution in [0.1, 0.15) is 30.1 Å². The van der Waals surface area contributed by atoms with Crippen LogP contribution in [0.25, 0.3) is 0 Å². The third kappa shape index (κ3) is 4.84. The van der Waals surface area contributed by atoms with Crippen LogP contribution in [-0.2, 0) is 17.8 Å². The molecule has 26 heavy (non-hydrogen) atoms. The van der Waals surface area contributed by atoms with E-state index in [1.54, 1.807) is 0 Å². The van der Waals surface area contributed by atoms with Gasteiger partial charge in [0.05, 0.1) is 12.2 Å². The SMILES string of the molecule is Cc1ccc(CN2CCN(C(=O)CCc3csc(N)n3)C[C@@H]2CCO)o1. The summed E-state index contributed by atoms with van der Waals surface area (Å²) < 4.78 is 5.68. The molecule has 7 nitrogen and oxygen atoms in total. The Morgan fingerprint density at radius 3 is 2.96 bits per heavy atom. The Bertz CT molecular complexity index is 730. The highest BCUT2D eigenvalue weighted by atomic mass is 32.1. The molecule has 1 amide bonds. The van der Waals surface area contributed by atoms with Gasteiger partial charge in [-0.3, -0.25) is 9.69 Å². The molecule has 0 bridgehead atoms. The minimum atomic E-state index is 0.110. The molecule has 1 aliphatic rings. The zero-order valence-electron chi connectivity index (χ0n) is 15.1. The predicted octanol–water partition coefficient (Wildman–Crippen LogP) is 1.65. The van der Waals surface area contributed by atoms with Gasteiger partial charge in [0.25, 0.3) is 0 Å². The first-order valence-corrected chi connectivity index (χ1v) is 9.81. The summed E-state index contributed by atoms with van der Waals surface area (Å²) in [5.74, 6) is 1.95. The van der Waals surface area contributed by atoms with Crippen LogP contribution < -0.4 is 5.73 Å². The first-order chi connectivity index (χ1) is 12.5. The zero-order chi connectivity index (χ0) is 18.5. The summed E-state index contributed by atoms with van der Waals surface area (Å²) in [5, 5.41) is 11.9. The van der Waals surface area contributed by atoms with Crippen molar-refractivity contribution in [2.24, 2.45) is 0 Å². The summed E-state index contributed by atoms with van der Waals surface area (Å²) in [4.78, 5) is 21.0. The lowest BCUT2D eigenvalue weighted by Crippen LogP contribution is -2.54. The van der Waals surface area contributed by atoms with Crippen molar-refractivity contribution in [3.63, 3.8) is 0 Å². The van der Waals surface area contributed by atoms with E-state index in [-0.39, 0.29) is 18.6 Å². The number of aliphatic hydroxyl groups is 1. The number of anilines is 1. The van der Waals surface area contributed by atoms with Gasteiger partial charge in [0, 0.05) is 44.1 Å². The maximum absolute atomic E-state index is 12.6. The number of aliphatic hydroxyl groups excluding tert-OH is 1. The van der Waals surface area contributed by atoms with Crippen molar-refractivity contribution < 1.29 is 14.3 Å². The average molecular weight is 378 g/mol. The highest BCUT2D eigenvalue weighted by molar-refractivity contribution is 7.13.